The molecule has 0 unspecified atom stereocenters. The van der Waals surface area contributed by atoms with Gasteiger partial charge in [0.15, 0.2) is 0 Å². The number of halogens is 1. The molecule has 0 heterocycles. The monoisotopic (exact) mass is 542 g/mol. The number of benzene rings is 1. The Morgan fingerprint density at radius 2 is 0.857 bits per heavy atom. The molecule has 20 radical (unpaired) electrons. The van der Waals surface area contributed by atoms with Crippen LogP contribution in [0.3, 0.4) is 0 Å². The van der Waals surface area contributed by atoms with E-state index in [2.05, 4.69) is 12.1 Å². The number of hydrogen-bond acceptors (Lipinski definition) is 2. The van der Waals surface area contributed by atoms with Crippen molar-refractivity contribution in [3.63, 3.8) is 0 Å². The first-order valence-electron chi connectivity index (χ1n) is 10.6. The standard InChI is InChI=1S/C20H13FN2.2C5H5.2Fe/c21-19-11-9-17(10-12-19)20(18(13-22)14-23,15-5-1-2-6-15)16-7-3-4-8-16;2*1-2-4-5-3-1;;/h1-12,18H;2*1-5H;;/q;;;2*+2. The van der Waals surface area contributed by atoms with Crippen molar-refractivity contribution in [2.75, 3.05) is 0 Å². The van der Waals surface area contributed by atoms with Crippen LogP contribution in [0.25, 0.3) is 0 Å². The molecule has 4 aliphatic carbocycles. The van der Waals surface area contributed by atoms with Crippen molar-refractivity contribution in [3.05, 3.63) is 163 Å². The third-order valence-electron chi connectivity index (χ3n) is 5.34. The van der Waals surface area contributed by atoms with Crippen LogP contribution >= 0.6 is 0 Å². The number of nitriles is 2. The van der Waals surface area contributed by atoms with Gasteiger partial charge in [-0.25, -0.2) is 4.39 Å². The van der Waals surface area contributed by atoms with Gasteiger partial charge in [0.25, 0.3) is 0 Å². The first-order chi connectivity index (χ1) is 16.2. The molecule has 4 aliphatic rings. The molecule has 0 bridgehead atoms. The summed E-state index contributed by atoms with van der Waals surface area (Å²) in [7, 11) is 0. The van der Waals surface area contributed by atoms with Crippen molar-refractivity contribution in [2.24, 2.45) is 5.92 Å². The summed E-state index contributed by atoms with van der Waals surface area (Å²) in [5.41, 5.74) is -0.214. The Bertz CT molecular complexity index is 708. The average molecular weight is 542 g/mol. The van der Waals surface area contributed by atoms with E-state index in [9.17, 15) is 14.9 Å². The molecule has 5 heteroatoms. The van der Waals surface area contributed by atoms with Gasteiger partial charge in [-0.05, 0) is 145 Å². The Kier molecular flexibility index (Phi) is 16.2. The Balaban J connectivity index is 0.000000423. The summed E-state index contributed by atoms with van der Waals surface area (Å²) in [5.74, 6) is 0.419. The summed E-state index contributed by atoms with van der Waals surface area (Å²) in [6.07, 6.45) is 35.1. The molecule has 0 aromatic heterocycles. The quantitative estimate of drug-likeness (QED) is 0.467. The van der Waals surface area contributed by atoms with Gasteiger partial charge < -0.3 is 0 Å². The van der Waals surface area contributed by atoms with E-state index < -0.39 is 11.3 Å². The predicted molar refractivity (Wildman–Crippen MR) is 127 cm³/mol. The van der Waals surface area contributed by atoms with Gasteiger partial charge >= 0.3 is 34.1 Å². The average Bonchev–Trinajstić information content (AvgIpc) is 3.68. The normalized spacial score (nSPS) is 19.9. The molecule has 0 amide bonds. The molecule has 172 valence electrons. The van der Waals surface area contributed by atoms with Crippen LogP contribution in [0.1, 0.15) is 5.56 Å². The second-order valence-corrected chi connectivity index (χ2v) is 7.28. The van der Waals surface area contributed by atoms with Crippen LogP contribution in [-0.4, -0.2) is 0 Å². The van der Waals surface area contributed by atoms with E-state index in [4.69, 9.17) is 0 Å². The predicted octanol–water partition coefficient (Wildman–Crippen LogP) is 5.58. The molecule has 0 saturated heterocycles. The van der Waals surface area contributed by atoms with Crippen LogP contribution in [0.15, 0.2) is 24.3 Å². The fraction of sp³-hybridized carbons (Fsp3) is 0.0667. The van der Waals surface area contributed by atoms with Crippen molar-refractivity contribution in [2.45, 2.75) is 5.41 Å². The van der Waals surface area contributed by atoms with E-state index in [1.54, 1.807) is 12.1 Å². The molecule has 2 nitrogen and oxygen atoms in total. The van der Waals surface area contributed by atoms with Gasteiger partial charge in [0.1, 0.15) is 11.7 Å². The number of nitrogens with zero attached hydrogens (tertiary/aromatic N) is 2. The van der Waals surface area contributed by atoms with Crippen molar-refractivity contribution in [3.8, 4) is 12.1 Å². The molecule has 4 saturated carbocycles. The molecular formula is C30H23FFe2N2+4. The summed E-state index contributed by atoms with van der Waals surface area (Å²) in [6, 6.07) is 10.3. The first kappa shape index (κ1) is 32.2. The van der Waals surface area contributed by atoms with Gasteiger partial charge in [0.05, 0.1) is 12.1 Å². The van der Waals surface area contributed by atoms with Crippen LogP contribution < -0.4 is 0 Å². The topological polar surface area (TPSA) is 47.6 Å². The second kappa shape index (κ2) is 17.6. The minimum Gasteiger partial charge on any atom is -0.207 e. The summed E-state index contributed by atoms with van der Waals surface area (Å²) < 4.78 is 13.4. The fourth-order valence-electron chi connectivity index (χ4n) is 3.85. The maximum Gasteiger partial charge on any atom is 2.00 e. The largest absolute Gasteiger partial charge is 2.00 e. The molecule has 35 heavy (non-hydrogen) atoms. The van der Waals surface area contributed by atoms with Gasteiger partial charge in [0, 0.05) is 5.41 Å². The van der Waals surface area contributed by atoms with Gasteiger partial charge in [-0.2, -0.15) is 10.5 Å². The summed E-state index contributed by atoms with van der Waals surface area (Å²) in [6.45, 7) is 0. The summed E-state index contributed by atoms with van der Waals surface area (Å²) in [4.78, 5) is 0. The van der Waals surface area contributed by atoms with Gasteiger partial charge in [-0.1, -0.05) is 12.1 Å². The maximum absolute atomic E-state index is 13.4. The Morgan fingerprint density at radius 1 is 0.543 bits per heavy atom. The smallest absolute Gasteiger partial charge is 0.207 e. The Labute approximate surface area is 234 Å². The van der Waals surface area contributed by atoms with Crippen molar-refractivity contribution >= 4 is 0 Å². The minimum atomic E-state index is -0.940. The van der Waals surface area contributed by atoms with Crippen molar-refractivity contribution < 1.29 is 38.5 Å². The van der Waals surface area contributed by atoms with Crippen LogP contribution in [0.2, 0.25) is 0 Å². The molecule has 1 aromatic carbocycles. The van der Waals surface area contributed by atoms with Crippen LogP contribution in [0, 0.1) is 162 Å². The number of hydrogen-bond donors (Lipinski definition) is 0. The molecule has 0 aliphatic heterocycles. The number of rotatable bonds is 4. The zero-order valence-electron chi connectivity index (χ0n) is 18.8. The molecular weight excluding hydrogens is 519 g/mol. The zero-order valence-corrected chi connectivity index (χ0v) is 21.0. The van der Waals surface area contributed by atoms with Crippen LogP contribution in [0.4, 0.5) is 4.39 Å². The molecule has 1 aromatic rings. The van der Waals surface area contributed by atoms with Gasteiger partial charge in [0.2, 0.25) is 0 Å². The molecule has 0 atom stereocenters. The molecule has 4 fully saturated rings. The molecule has 0 N–H and O–H groups in total. The van der Waals surface area contributed by atoms with Crippen molar-refractivity contribution in [1.82, 2.24) is 0 Å². The van der Waals surface area contributed by atoms with E-state index in [-0.39, 0.29) is 40.0 Å². The van der Waals surface area contributed by atoms with E-state index in [1.807, 2.05) is 116 Å². The molecule has 0 spiro atoms. The Hall–Kier alpha value is -0.831. The summed E-state index contributed by atoms with van der Waals surface area (Å²) >= 11 is 0. The fourth-order valence-corrected chi connectivity index (χ4v) is 3.85. The second-order valence-electron chi connectivity index (χ2n) is 7.28. The molecule has 5 rings (SSSR count). The van der Waals surface area contributed by atoms with E-state index in [0.29, 0.717) is 0 Å². The van der Waals surface area contributed by atoms with Crippen LogP contribution in [0.5, 0.6) is 0 Å². The van der Waals surface area contributed by atoms with E-state index in [0.717, 1.165) is 17.4 Å². The minimum absolute atomic E-state index is 0. The van der Waals surface area contributed by atoms with E-state index >= 15 is 0 Å². The third-order valence-corrected chi connectivity index (χ3v) is 5.34. The zero-order chi connectivity index (χ0) is 23.4. The summed E-state index contributed by atoms with van der Waals surface area (Å²) in [5, 5.41) is 19.3. The third kappa shape index (κ3) is 8.61. The Morgan fingerprint density at radius 3 is 1.14 bits per heavy atom. The maximum atomic E-state index is 13.4. The van der Waals surface area contributed by atoms with Gasteiger partial charge in [-0.15, -0.1) is 0 Å². The van der Waals surface area contributed by atoms with E-state index in [1.165, 1.54) is 12.1 Å². The SMILES string of the molecule is N#CC(C#N)C([C]1[CH][CH][CH][CH]1)([C]1[CH][CH][CH][CH]1)c1ccc(F)cc1.[CH]1[CH][CH][CH][CH]1.[CH]1[CH][CH][CH][CH]1.[Fe+2].[Fe+2]. The first-order valence-corrected chi connectivity index (χ1v) is 10.6. The van der Waals surface area contributed by atoms with Crippen LogP contribution in [-0.2, 0) is 39.6 Å². The van der Waals surface area contributed by atoms with Crippen molar-refractivity contribution in [1.29, 1.82) is 10.5 Å². The van der Waals surface area contributed by atoms with Gasteiger partial charge in [-0.3, -0.25) is 0 Å².